The van der Waals surface area contributed by atoms with E-state index in [4.69, 9.17) is 21.1 Å². The largest absolute Gasteiger partial charge is 0.507 e. The van der Waals surface area contributed by atoms with Gasteiger partial charge in [-0.3, -0.25) is 9.59 Å². The predicted octanol–water partition coefficient (Wildman–Crippen LogP) is 4.96. The molecule has 0 saturated carbocycles. The van der Waals surface area contributed by atoms with Crippen LogP contribution in [0.3, 0.4) is 0 Å². The second-order valence-electron chi connectivity index (χ2n) is 7.61. The molecule has 0 aliphatic carbocycles. The van der Waals surface area contributed by atoms with Gasteiger partial charge in [0.15, 0.2) is 0 Å². The molecule has 1 saturated heterocycles. The Labute approximate surface area is 191 Å². The average molecular weight is 464 g/mol. The summed E-state index contributed by atoms with van der Waals surface area (Å²) in [6, 6.07) is 6.43. The topological polar surface area (TPSA) is 76.1 Å². The smallest absolute Gasteiger partial charge is 0.295 e. The van der Waals surface area contributed by atoms with E-state index in [9.17, 15) is 14.7 Å². The number of rotatable bonds is 8. The number of halogens is 1. The highest BCUT2D eigenvalue weighted by Crippen LogP contribution is 2.43. The fraction of sp³-hybridized carbons (Fsp3) is 0.391. The number of aliphatic hydroxyl groups is 1. The molecule has 0 spiro atoms. The standard InChI is InChI=1S/C23H26ClNO5S/c1-13(2)30-9-6-8-25-19(17-7-5-10-31-17)18(21(27)23(25)28)20(26)15-11-14(3)12-16(24)22(15)29-4/h5,7,10-13,19,26H,6,8-9H2,1-4H3/b20-18-. The van der Waals surface area contributed by atoms with Gasteiger partial charge in [-0.25, -0.2) is 0 Å². The van der Waals surface area contributed by atoms with Crippen molar-refractivity contribution < 1.29 is 24.2 Å². The highest BCUT2D eigenvalue weighted by atomic mass is 35.5. The number of Topliss-reactive ketones (excluding diaryl/α,β-unsaturated/α-hetero) is 1. The SMILES string of the molecule is COc1c(Cl)cc(C)cc1/C(O)=C1/C(=O)C(=O)N(CCCOC(C)C)C1c1cccs1. The van der Waals surface area contributed by atoms with Crippen molar-refractivity contribution >= 4 is 40.4 Å². The van der Waals surface area contributed by atoms with Crippen molar-refractivity contribution in [2.45, 2.75) is 39.3 Å². The van der Waals surface area contributed by atoms with E-state index in [0.717, 1.165) is 10.4 Å². The maximum atomic E-state index is 13.0. The second kappa shape index (κ2) is 9.85. The lowest BCUT2D eigenvalue weighted by molar-refractivity contribution is -0.140. The number of aryl methyl sites for hydroxylation is 1. The van der Waals surface area contributed by atoms with Gasteiger partial charge in [0, 0.05) is 18.0 Å². The maximum absolute atomic E-state index is 13.0. The zero-order valence-electron chi connectivity index (χ0n) is 18.0. The third-order valence-corrected chi connectivity index (χ3v) is 6.20. The van der Waals surface area contributed by atoms with Crippen molar-refractivity contribution in [2.75, 3.05) is 20.3 Å². The molecule has 1 unspecified atom stereocenters. The Balaban J connectivity index is 2.08. The molecular weight excluding hydrogens is 438 g/mol. The molecule has 1 aromatic carbocycles. The molecule has 0 radical (unpaired) electrons. The number of thiophene rings is 1. The number of carbonyl (C=O) groups excluding carboxylic acids is 2. The quantitative estimate of drug-likeness (QED) is 0.259. The molecular formula is C23H26ClNO5S. The van der Waals surface area contributed by atoms with Gasteiger partial charge in [0.1, 0.15) is 11.5 Å². The Morgan fingerprint density at radius 2 is 2.06 bits per heavy atom. The van der Waals surface area contributed by atoms with Crippen molar-refractivity contribution in [2.24, 2.45) is 0 Å². The predicted molar refractivity (Wildman–Crippen MR) is 122 cm³/mol. The van der Waals surface area contributed by atoms with Gasteiger partial charge in [0.25, 0.3) is 11.7 Å². The molecule has 3 rings (SSSR count). The van der Waals surface area contributed by atoms with Gasteiger partial charge in [-0.15, -0.1) is 11.3 Å². The molecule has 1 amide bonds. The van der Waals surface area contributed by atoms with Crippen molar-refractivity contribution in [3.63, 3.8) is 0 Å². The number of hydrogen-bond acceptors (Lipinski definition) is 6. The number of ketones is 1. The molecule has 8 heteroatoms. The summed E-state index contributed by atoms with van der Waals surface area (Å²) >= 11 is 7.72. The summed E-state index contributed by atoms with van der Waals surface area (Å²) in [5.74, 6) is -1.39. The van der Waals surface area contributed by atoms with Crippen LogP contribution in [-0.4, -0.2) is 48.1 Å². The fourth-order valence-electron chi connectivity index (χ4n) is 3.66. The van der Waals surface area contributed by atoms with Crippen LogP contribution in [0.5, 0.6) is 5.75 Å². The lowest BCUT2D eigenvalue weighted by Gasteiger charge is -2.24. The van der Waals surface area contributed by atoms with Crippen LogP contribution in [0.15, 0.2) is 35.2 Å². The first-order chi connectivity index (χ1) is 14.8. The van der Waals surface area contributed by atoms with Crippen LogP contribution >= 0.6 is 22.9 Å². The first kappa shape index (κ1) is 23.3. The number of hydrogen-bond donors (Lipinski definition) is 1. The number of benzene rings is 1. The number of aliphatic hydroxyl groups excluding tert-OH is 1. The Bertz CT molecular complexity index is 1000. The Morgan fingerprint density at radius 1 is 1.32 bits per heavy atom. The summed E-state index contributed by atoms with van der Waals surface area (Å²) in [5, 5.41) is 13.4. The monoisotopic (exact) mass is 463 g/mol. The van der Waals surface area contributed by atoms with Crippen LogP contribution in [0.1, 0.15) is 42.3 Å². The highest BCUT2D eigenvalue weighted by Gasteiger charge is 2.46. The van der Waals surface area contributed by atoms with Crippen molar-refractivity contribution in [1.82, 2.24) is 4.90 Å². The minimum atomic E-state index is -0.722. The number of likely N-dealkylation sites (tertiary alicyclic amines) is 1. The van der Waals surface area contributed by atoms with Crippen LogP contribution in [0.25, 0.3) is 5.76 Å². The lowest BCUT2D eigenvalue weighted by Crippen LogP contribution is -2.31. The van der Waals surface area contributed by atoms with Gasteiger partial charge in [-0.1, -0.05) is 17.7 Å². The van der Waals surface area contributed by atoms with Crippen molar-refractivity contribution in [3.8, 4) is 5.75 Å². The van der Waals surface area contributed by atoms with Gasteiger partial charge in [0.05, 0.1) is 35.4 Å². The number of amides is 1. The molecule has 2 aromatic rings. The summed E-state index contributed by atoms with van der Waals surface area (Å²) < 4.78 is 11.0. The van der Waals surface area contributed by atoms with Crippen molar-refractivity contribution in [3.05, 3.63) is 56.2 Å². The number of carbonyl (C=O) groups is 2. The molecule has 1 fully saturated rings. The van der Waals surface area contributed by atoms with Crippen LogP contribution in [0.2, 0.25) is 5.02 Å². The van der Waals surface area contributed by atoms with Crippen LogP contribution < -0.4 is 4.74 Å². The highest BCUT2D eigenvalue weighted by molar-refractivity contribution is 7.10. The Kier molecular flexibility index (Phi) is 7.41. The van der Waals surface area contributed by atoms with Crippen LogP contribution in [0, 0.1) is 6.92 Å². The minimum Gasteiger partial charge on any atom is -0.507 e. The summed E-state index contributed by atoms with van der Waals surface area (Å²) in [4.78, 5) is 28.3. The average Bonchev–Trinajstić information content (AvgIpc) is 3.32. The Morgan fingerprint density at radius 3 is 2.68 bits per heavy atom. The van der Waals surface area contributed by atoms with E-state index >= 15 is 0 Å². The second-order valence-corrected chi connectivity index (χ2v) is 9.00. The normalized spacial score (nSPS) is 18.3. The maximum Gasteiger partial charge on any atom is 0.295 e. The number of methoxy groups -OCH3 is 1. The number of nitrogens with zero attached hydrogens (tertiary/aromatic N) is 1. The first-order valence-electron chi connectivity index (χ1n) is 10.0. The van der Waals surface area contributed by atoms with E-state index in [1.54, 1.807) is 12.1 Å². The number of ether oxygens (including phenoxy) is 2. The molecule has 2 heterocycles. The van der Waals surface area contributed by atoms with Crippen LogP contribution in [0.4, 0.5) is 0 Å². The third-order valence-electron chi connectivity index (χ3n) is 4.99. The molecule has 0 bridgehead atoms. The summed E-state index contributed by atoms with van der Waals surface area (Å²) in [7, 11) is 1.44. The Hall–Kier alpha value is -2.35. The molecule has 1 aliphatic rings. The van der Waals surface area contributed by atoms with Gasteiger partial charge < -0.3 is 19.5 Å². The van der Waals surface area contributed by atoms with E-state index in [2.05, 4.69) is 0 Å². The summed E-state index contributed by atoms with van der Waals surface area (Å²) in [6.07, 6.45) is 0.661. The fourth-order valence-corrected chi connectivity index (χ4v) is 4.86. The summed E-state index contributed by atoms with van der Waals surface area (Å²) in [5.41, 5.74) is 1.12. The van der Waals surface area contributed by atoms with Crippen molar-refractivity contribution in [1.29, 1.82) is 0 Å². The van der Waals surface area contributed by atoms with Gasteiger partial charge >= 0.3 is 0 Å². The van der Waals surface area contributed by atoms with E-state index in [0.29, 0.717) is 24.6 Å². The van der Waals surface area contributed by atoms with E-state index in [1.165, 1.54) is 23.3 Å². The molecule has 6 nitrogen and oxygen atoms in total. The third kappa shape index (κ3) is 4.79. The van der Waals surface area contributed by atoms with Gasteiger partial charge in [0.2, 0.25) is 0 Å². The van der Waals surface area contributed by atoms with E-state index in [-0.39, 0.29) is 28.7 Å². The molecule has 1 N–H and O–H groups in total. The zero-order chi connectivity index (χ0) is 22.7. The minimum absolute atomic E-state index is 0.0391. The first-order valence-corrected chi connectivity index (χ1v) is 11.3. The molecule has 1 atom stereocenters. The zero-order valence-corrected chi connectivity index (χ0v) is 19.5. The summed E-state index contributed by atoms with van der Waals surface area (Å²) in [6.45, 7) is 6.52. The lowest BCUT2D eigenvalue weighted by atomic mass is 9.98. The van der Waals surface area contributed by atoms with E-state index < -0.39 is 17.7 Å². The van der Waals surface area contributed by atoms with Gasteiger partial charge in [-0.05, 0) is 56.3 Å². The molecule has 166 valence electrons. The van der Waals surface area contributed by atoms with Crippen LogP contribution in [-0.2, 0) is 14.3 Å². The molecule has 1 aromatic heterocycles. The van der Waals surface area contributed by atoms with E-state index in [1.807, 2.05) is 38.3 Å². The molecule has 31 heavy (non-hydrogen) atoms. The molecule has 1 aliphatic heterocycles. The van der Waals surface area contributed by atoms with Gasteiger partial charge in [-0.2, -0.15) is 0 Å².